The second-order valence-electron chi connectivity index (χ2n) is 5.02. The Morgan fingerprint density at radius 3 is 2.76 bits per heavy atom. The fraction of sp³-hybridized carbons (Fsp3) is 0.0625. The van der Waals surface area contributed by atoms with Crippen LogP contribution in [0.15, 0.2) is 53.6 Å². The minimum Gasteiger partial charge on any atom is -0.305 e. The molecule has 0 saturated carbocycles. The summed E-state index contributed by atoms with van der Waals surface area (Å²) in [4.78, 5) is 23.8. The van der Waals surface area contributed by atoms with Gasteiger partial charge in [-0.2, -0.15) is 0 Å². The van der Waals surface area contributed by atoms with Crippen molar-refractivity contribution in [2.24, 2.45) is 0 Å². The summed E-state index contributed by atoms with van der Waals surface area (Å²) >= 11 is 0. The first-order chi connectivity index (χ1) is 10.2. The Labute approximate surface area is 119 Å². The van der Waals surface area contributed by atoms with Gasteiger partial charge in [-0.1, -0.05) is 29.8 Å². The van der Waals surface area contributed by atoms with Crippen LogP contribution in [0.2, 0.25) is 0 Å². The van der Waals surface area contributed by atoms with Gasteiger partial charge < -0.3 is 4.98 Å². The minimum atomic E-state index is -0.212. The number of nitrogens with one attached hydrogen (secondary N) is 1. The fourth-order valence-corrected chi connectivity index (χ4v) is 2.43. The average Bonchev–Trinajstić information content (AvgIpc) is 2.94. The van der Waals surface area contributed by atoms with E-state index in [4.69, 9.17) is 0 Å². The molecule has 3 aromatic heterocycles. The van der Waals surface area contributed by atoms with E-state index in [2.05, 4.69) is 15.0 Å². The van der Waals surface area contributed by atoms with Gasteiger partial charge in [0.15, 0.2) is 5.65 Å². The van der Waals surface area contributed by atoms with Crippen molar-refractivity contribution in [2.75, 3.05) is 0 Å². The fourth-order valence-electron chi connectivity index (χ4n) is 2.43. The lowest BCUT2D eigenvalue weighted by atomic mass is 10.1. The summed E-state index contributed by atoms with van der Waals surface area (Å²) < 4.78 is 1.50. The maximum atomic E-state index is 12.1. The third-order valence-electron chi connectivity index (χ3n) is 3.53. The summed E-state index contributed by atoms with van der Waals surface area (Å²) in [7, 11) is 0. The Kier molecular flexibility index (Phi) is 2.41. The molecule has 1 N–H and O–H groups in total. The van der Waals surface area contributed by atoms with Crippen LogP contribution in [0.4, 0.5) is 0 Å². The normalized spacial score (nSPS) is 11.3. The zero-order valence-electron chi connectivity index (χ0n) is 11.4. The van der Waals surface area contributed by atoms with Gasteiger partial charge in [0.25, 0.3) is 0 Å². The maximum absolute atomic E-state index is 12.1. The largest absolute Gasteiger partial charge is 0.331 e. The topological polar surface area (TPSA) is 63.0 Å². The van der Waals surface area contributed by atoms with Crippen LogP contribution in [0, 0.1) is 6.92 Å². The molecule has 3 heterocycles. The SMILES string of the molecule is Cc1ccc(-c2cn3c(=O)[nH]c4cccnc4c3n2)cc1. The van der Waals surface area contributed by atoms with Crippen molar-refractivity contribution in [2.45, 2.75) is 6.92 Å². The monoisotopic (exact) mass is 276 g/mol. The molecule has 0 saturated heterocycles. The van der Waals surface area contributed by atoms with Gasteiger partial charge in [-0.3, -0.25) is 4.98 Å². The van der Waals surface area contributed by atoms with Crippen molar-refractivity contribution < 1.29 is 0 Å². The lowest BCUT2D eigenvalue weighted by Crippen LogP contribution is -2.15. The number of fused-ring (bicyclic) bond motifs is 3. The van der Waals surface area contributed by atoms with E-state index in [1.165, 1.54) is 9.96 Å². The van der Waals surface area contributed by atoms with Gasteiger partial charge in [-0.05, 0) is 19.1 Å². The Morgan fingerprint density at radius 1 is 1.14 bits per heavy atom. The second kappa shape index (κ2) is 4.28. The van der Waals surface area contributed by atoms with Crippen LogP contribution in [0.3, 0.4) is 0 Å². The Balaban J connectivity index is 2.05. The van der Waals surface area contributed by atoms with Crippen molar-refractivity contribution >= 4 is 16.7 Å². The predicted octanol–water partition coefficient (Wildman–Crippen LogP) is 2.55. The Bertz CT molecular complexity index is 1010. The van der Waals surface area contributed by atoms with Crippen LogP contribution in [-0.4, -0.2) is 19.4 Å². The van der Waals surface area contributed by atoms with Crippen LogP contribution < -0.4 is 5.69 Å². The molecule has 0 atom stereocenters. The molecule has 4 rings (SSSR count). The van der Waals surface area contributed by atoms with E-state index in [1.807, 2.05) is 37.3 Å². The maximum Gasteiger partial charge on any atom is 0.331 e. The number of nitrogens with zero attached hydrogens (tertiary/aromatic N) is 3. The number of aromatic nitrogens is 4. The van der Waals surface area contributed by atoms with E-state index in [1.54, 1.807) is 18.5 Å². The molecule has 0 bridgehead atoms. The number of pyridine rings is 1. The number of hydrogen-bond acceptors (Lipinski definition) is 3. The molecule has 4 aromatic rings. The third-order valence-corrected chi connectivity index (χ3v) is 3.53. The smallest absolute Gasteiger partial charge is 0.305 e. The zero-order chi connectivity index (χ0) is 14.4. The Hall–Kier alpha value is -2.95. The summed E-state index contributed by atoms with van der Waals surface area (Å²) in [6.45, 7) is 2.04. The van der Waals surface area contributed by atoms with E-state index in [-0.39, 0.29) is 5.69 Å². The first-order valence-corrected chi connectivity index (χ1v) is 6.65. The van der Waals surface area contributed by atoms with Crippen LogP contribution in [-0.2, 0) is 0 Å². The van der Waals surface area contributed by atoms with Crippen molar-refractivity contribution in [1.29, 1.82) is 0 Å². The molecule has 102 valence electrons. The first-order valence-electron chi connectivity index (χ1n) is 6.65. The average molecular weight is 276 g/mol. The summed E-state index contributed by atoms with van der Waals surface area (Å²) in [6, 6.07) is 11.7. The van der Waals surface area contributed by atoms with E-state index >= 15 is 0 Å². The van der Waals surface area contributed by atoms with Crippen LogP contribution in [0.1, 0.15) is 5.56 Å². The van der Waals surface area contributed by atoms with Gasteiger partial charge in [-0.25, -0.2) is 14.2 Å². The molecule has 0 fully saturated rings. The first kappa shape index (κ1) is 11.8. The molecule has 0 radical (unpaired) electrons. The minimum absolute atomic E-state index is 0.212. The highest BCUT2D eigenvalue weighted by Gasteiger charge is 2.10. The molecule has 5 nitrogen and oxygen atoms in total. The van der Waals surface area contributed by atoms with Crippen LogP contribution in [0.5, 0.6) is 0 Å². The number of H-pyrrole nitrogens is 1. The van der Waals surface area contributed by atoms with Crippen LogP contribution in [0.25, 0.3) is 27.9 Å². The van der Waals surface area contributed by atoms with E-state index in [9.17, 15) is 4.79 Å². The molecule has 0 spiro atoms. The van der Waals surface area contributed by atoms with Crippen molar-refractivity contribution in [3.63, 3.8) is 0 Å². The molecule has 0 unspecified atom stereocenters. The molecule has 0 aliphatic heterocycles. The molecule has 0 aliphatic carbocycles. The van der Waals surface area contributed by atoms with Gasteiger partial charge in [-0.15, -0.1) is 0 Å². The second-order valence-corrected chi connectivity index (χ2v) is 5.02. The van der Waals surface area contributed by atoms with Gasteiger partial charge in [0, 0.05) is 18.0 Å². The van der Waals surface area contributed by atoms with E-state index in [0.29, 0.717) is 16.7 Å². The summed E-state index contributed by atoms with van der Waals surface area (Å²) in [5.74, 6) is 0. The Morgan fingerprint density at radius 2 is 1.95 bits per heavy atom. The highest BCUT2D eigenvalue weighted by molar-refractivity contribution is 5.88. The van der Waals surface area contributed by atoms with Gasteiger partial charge in [0.05, 0.1) is 11.2 Å². The molecule has 21 heavy (non-hydrogen) atoms. The van der Waals surface area contributed by atoms with Gasteiger partial charge in [0.1, 0.15) is 5.52 Å². The van der Waals surface area contributed by atoms with Crippen molar-refractivity contribution in [3.05, 3.63) is 64.8 Å². The third kappa shape index (κ3) is 1.82. The molecule has 0 amide bonds. The highest BCUT2D eigenvalue weighted by Crippen LogP contribution is 2.21. The number of benzene rings is 1. The van der Waals surface area contributed by atoms with Gasteiger partial charge in [0.2, 0.25) is 0 Å². The van der Waals surface area contributed by atoms with Crippen LogP contribution >= 0.6 is 0 Å². The molecule has 5 heteroatoms. The lowest BCUT2D eigenvalue weighted by molar-refractivity contribution is 1.03. The molecular weight excluding hydrogens is 264 g/mol. The summed E-state index contributed by atoms with van der Waals surface area (Å²) in [5.41, 5.74) is 4.67. The number of aryl methyl sites for hydroxylation is 1. The number of imidazole rings is 1. The van der Waals surface area contributed by atoms with Crippen molar-refractivity contribution in [3.8, 4) is 11.3 Å². The summed E-state index contributed by atoms with van der Waals surface area (Å²) in [6.07, 6.45) is 3.44. The summed E-state index contributed by atoms with van der Waals surface area (Å²) in [5, 5.41) is 0. The van der Waals surface area contributed by atoms with Crippen molar-refractivity contribution in [1.82, 2.24) is 19.4 Å². The standard InChI is InChI=1S/C16H12N4O/c1-10-4-6-11(7-5-10)13-9-20-15(18-13)14-12(19-16(20)21)3-2-8-17-14/h2-9H,1H3,(H,19,21). The number of hydrogen-bond donors (Lipinski definition) is 1. The van der Waals surface area contributed by atoms with E-state index in [0.717, 1.165) is 11.3 Å². The number of aromatic amines is 1. The quantitative estimate of drug-likeness (QED) is 0.581. The number of rotatable bonds is 1. The lowest BCUT2D eigenvalue weighted by Gasteiger charge is -1.97. The molecule has 1 aromatic carbocycles. The molecular formula is C16H12N4O. The van der Waals surface area contributed by atoms with E-state index < -0.39 is 0 Å². The predicted molar refractivity (Wildman–Crippen MR) is 81.3 cm³/mol. The molecule has 0 aliphatic rings. The zero-order valence-corrected chi connectivity index (χ0v) is 11.4. The highest BCUT2D eigenvalue weighted by atomic mass is 16.1. The van der Waals surface area contributed by atoms with Gasteiger partial charge >= 0.3 is 5.69 Å².